The van der Waals surface area contributed by atoms with Crippen LogP contribution in [0.15, 0.2) is 0 Å². The van der Waals surface area contributed by atoms with E-state index < -0.39 is 0 Å². The van der Waals surface area contributed by atoms with Crippen molar-refractivity contribution >= 4 is 0 Å². The first-order chi connectivity index (χ1) is 8.06. The first kappa shape index (κ1) is 14.9. The predicted octanol–water partition coefficient (Wildman–Crippen LogP) is 2.58. The van der Waals surface area contributed by atoms with Crippen LogP contribution < -0.4 is 5.73 Å². The Morgan fingerprint density at radius 2 is 1.88 bits per heavy atom. The first-order valence-electron chi connectivity index (χ1n) is 7.01. The van der Waals surface area contributed by atoms with Crippen LogP contribution in [0.4, 0.5) is 0 Å². The molecule has 0 heterocycles. The molecular formula is C14H29NO2. The molecule has 1 aliphatic carbocycles. The maximum atomic E-state index is 6.13. The fourth-order valence-electron chi connectivity index (χ4n) is 2.81. The maximum absolute atomic E-state index is 6.13. The largest absolute Gasteiger partial charge is 0.379 e. The van der Waals surface area contributed by atoms with Gasteiger partial charge in [0.1, 0.15) is 0 Å². The lowest BCUT2D eigenvalue weighted by Gasteiger charge is -2.53. The van der Waals surface area contributed by atoms with Gasteiger partial charge in [-0.25, -0.2) is 0 Å². The van der Waals surface area contributed by atoms with E-state index in [9.17, 15) is 0 Å². The van der Waals surface area contributed by atoms with Gasteiger partial charge in [0.25, 0.3) is 0 Å². The Morgan fingerprint density at radius 1 is 1.24 bits per heavy atom. The van der Waals surface area contributed by atoms with Gasteiger partial charge in [-0.3, -0.25) is 0 Å². The summed E-state index contributed by atoms with van der Waals surface area (Å²) in [6.07, 6.45) is 3.58. The van der Waals surface area contributed by atoms with Gasteiger partial charge in [-0.15, -0.1) is 0 Å². The highest BCUT2D eigenvalue weighted by Gasteiger charge is 2.51. The van der Waals surface area contributed by atoms with Gasteiger partial charge in [0, 0.05) is 18.1 Å². The molecule has 3 heteroatoms. The summed E-state index contributed by atoms with van der Waals surface area (Å²) in [6, 6.07) is 0.319. The molecule has 2 N–H and O–H groups in total. The monoisotopic (exact) mass is 243 g/mol. The molecule has 2 atom stereocenters. The van der Waals surface area contributed by atoms with Crippen LogP contribution >= 0.6 is 0 Å². The molecular weight excluding hydrogens is 214 g/mol. The Hall–Kier alpha value is -0.120. The van der Waals surface area contributed by atoms with E-state index in [0.717, 1.165) is 25.9 Å². The Bertz CT molecular complexity index is 214. The molecule has 0 aromatic heterocycles. The van der Waals surface area contributed by atoms with Gasteiger partial charge < -0.3 is 15.2 Å². The Morgan fingerprint density at radius 3 is 2.35 bits per heavy atom. The molecule has 102 valence electrons. The zero-order chi connectivity index (χ0) is 12.9. The van der Waals surface area contributed by atoms with Crippen LogP contribution in [0.1, 0.15) is 47.0 Å². The lowest BCUT2D eigenvalue weighted by atomic mass is 9.59. The zero-order valence-corrected chi connectivity index (χ0v) is 11.9. The van der Waals surface area contributed by atoms with E-state index in [1.807, 2.05) is 0 Å². The Labute approximate surface area is 106 Å². The minimum atomic E-state index is 0.220. The molecule has 1 saturated carbocycles. The fraction of sp³-hybridized carbons (Fsp3) is 1.00. The normalized spacial score (nSPS) is 27.2. The van der Waals surface area contributed by atoms with Crippen LogP contribution in [0.2, 0.25) is 0 Å². The molecule has 1 fully saturated rings. The summed E-state index contributed by atoms with van der Waals surface area (Å²) in [7, 11) is 0. The zero-order valence-electron chi connectivity index (χ0n) is 11.9. The summed E-state index contributed by atoms with van der Waals surface area (Å²) in [4.78, 5) is 0. The average Bonchev–Trinajstić information content (AvgIpc) is 2.28. The van der Waals surface area contributed by atoms with E-state index in [1.54, 1.807) is 0 Å². The summed E-state index contributed by atoms with van der Waals surface area (Å²) in [5, 5.41) is 0. The fourth-order valence-corrected chi connectivity index (χ4v) is 2.81. The maximum Gasteiger partial charge on any atom is 0.0704 e. The van der Waals surface area contributed by atoms with Gasteiger partial charge in [-0.1, -0.05) is 27.7 Å². The molecule has 0 saturated heterocycles. The van der Waals surface area contributed by atoms with E-state index in [0.29, 0.717) is 31.3 Å². The number of ether oxygens (including phenoxy) is 2. The number of hydrogen-bond donors (Lipinski definition) is 1. The van der Waals surface area contributed by atoms with E-state index in [1.165, 1.54) is 0 Å². The minimum absolute atomic E-state index is 0.220. The van der Waals surface area contributed by atoms with Crippen molar-refractivity contribution in [1.29, 1.82) is 0 Å². The molecule has 0 aromatic rings. The second kappa shape index (κ2) is 6.72. The Balaban J connectivity index is 2.20. The van der Waals surface area contributed by atoms with Gasteiger partial charge >= 0.3 is 0 Å². The van der Waals surface area contributed by atoms with Crippen molar-refractivity contribution in [2.45, 2.75) is 59.1 Å². The summed E-state index contributed by atoms with van der Waals surface area (Å²) in [6.45, 7) is 11.0. The van der Waals surface area contributed by atoms with Crippen molar-refractivity contribution < 1.29 is 9.47 Å². The molecule has 0 aromatic carbocycles. The molecule has 3 nitrogen and oxygen atoms in total. The van der Waals surface area contributed by atoms with Crippen LogP contribution in [-0.4, -0.2) is 32.0 Å². The third-order valence-corrected chi connectivity index (χ3v) is 4.16. The minimum Gasteiger partial charge on any atom is -0.379 e. The first-order valence-corrected chi connectivity index (χ1v) is 7.01. The van der Waals surface area contributed by atoms with E-state index >= 15 is 0 Å². The summed E-state index contributed by atoms with van der Waals surface area (Å²) < 4.78 is 11.4. The van der Waals surface area contributed by atoms with E-state index in [2.05, 4.69) is 27.7 Å². The average molecular weight is 243 g/mol. The molecule has 0 bridgehead atoms. The highest BCUT2D eigenvalue weighted by Crippen LogP contribution is 2.47. The van der Waals surface area contributed by atoms with E-state index in [-0.39, 0.29) is 5.41 Å². The molecule has 1 rings (SSSR count). The lowest BCUT2D eigenvalue weighted by molar-refractivity contribution is -0.139. The summed E-state index contributed by atoms with van der Waals surface area (Å²) >= 11 is 0. The van der Waals surface area contributed by atoms with Crippen molar-refractivity contribution in [3.8, 4) is 0 Å². The third kappa shape index (κ3) is 3.43. The van der Waals surface area contributed by atoms with Crippen molar-refractivity contribution in [3.05, 3.63) is 0 Å². The molecule has 17 heavy (non-hydrogen) atoms. The van der Waals surface area contributed by atoms with Gasteiger partial charge in [0.2, 0.25) is 0 Å². The van der Waals surface area contributed by atoms with E-state index in [4.69, 9.17) is 15.2 Å². The lowest BCUT2D eigenvalue weighted by Crippen LogP contribution is -2.61. The summed E-state index contributed by atoms with van der Waals surface area (Å²) in [5.74, 6) is 0.595. The second-order valence-corrected chi connectivity index (χ2v) is 5.61. The number of hydrogen-bond acceptors (Lipinski definition) is 3. The number of nitrogens with two attached hydrogens (primary N) is 1. The quantitative estimate of drug-likeness (QED) is 0.666. The number of rotatable bonds is 8. The Kier molecular flexibility index (Phi) is 5.90. The van der Waals surface area contributed by atoms with Crippen molar-refractivity contribution in [2.24, 2.45) is 17.1 Å². The van der Waals surface area contributed by atoms with Gasteiger partial charge in [-0.05, 0) is 25.2 Å². The standard InChI is InChI=1S/C14H29NO2/c1-5-14(6-2)12(15)9-13(14)17-8-7-16-10-11(3)4/h11-13H,5-10,15H2,1-4H3. The highest BCUT2D eigenvalue weighted by atomic mass is 16.5. The van der Waals surface area contributed by atoms with Crippen LogP contribution in [-0.2, 0) is 9.47 Å². The predicted molar refractivity (Wildman–Crippen MR) is 71.0 cm³/mol. The van der Waals surface area contributed by atoms with Crippen LogP contribution in [0, 0.1) is 11.3 Å². The topological polar surface area (TPSA) is 44.5 Å². The SMILES string of the molecule is CCC1(CC)C(N)CC1OCCOCC(C)C. The molecule has 1 aliphatic rings. The second-order valence-electron chi connectivity index (χ2n) is 5.61. The van der Waals surface area contributed by atoms with Gasteiger partial charge in [-0.2, -0.15) is 0 Å². The molecule has 0 radical (unpaired) electrons. The van der Waals surface area contributed by atoms with Crippen molar-refractivity contribution in [1.82, 2.24) is 0 Å². The van der Waals surface area contributed by atoms with Crippen molar-refractivity contribution in [3.63, 3.8) is 0 Å². The molecule has 0 spiro atoms. The third-order valence-electron chi connectivity index (χ3n) is 4.16. The highest BCUT2D eigenvalue weighted by molar-refractivity contribution is 5.05. The van der Waals surface area contributed by atoms with Crippen LogP contribution in [0.25, 0.3) is 0 Å². The van der Waals surface area contributed by atoms with Crippen LogP contribution in [0.5, 0.6) is 0 Å². The van der Waals surface area contributed by atoms with Crippen molar-refractivity contribution in [2.75, 3.05) is 19.8 Å². The van der Waals surface area contributed by atoms with Crippen LogP contribution in [0.3, 0.4) is 0 Å². The van der Waals surface area contributed by atoms with Gasteiger partial charge in [0.05, 0.1) is 19.3 Å². The molecule has 2 unspecified atom stereocenters. The summed E-state index contributed by atoms with van der Waals surface area (Å²) in [5.41, 5.74) is 6.35. The van der Waals surface area contributed by atoms with Gasteiger partial charge in [0.15, 0.2) is 0 Å². The smallest absolute Gasteiger partial charge is 0.0704 e. The molecule has 0 aliphatic heterocycles. The molecule has 0 amide bonds.